The molecule has 0 unspecified atom stereocenters. The fourth-order valence-electron chi connectivity index (χ4n) is 1.13. The maximum absolute atomic E-state index is 11.5. The smallest absolute Gasteiger partial charge is 0.241 e. The Bertz CT molecular complexity index is 386. The number of hydrogen-bond acceptors (Lipinski definition) is 3. The number of nitrogens with one attached hydrogen (secondary N) is 1. The van der Waals surface area contributed by atoms with E-state index in [4.69, 9.17) is 17.3 Å². The maximum Gasteiger partial charge on any atom is 0.241 e. The van der Waals surface area contributed by atoms with Gasteiger partial charge in [-0.3, -0.25) is 4.79 Å². The van der Waals surface area contributed by atoms with Crippen molar-refractivity contribution in [1.82, 2.24) is 0 Å². The molecule has 0 aliphatic rings. The van der Waals surface area contributed by atoms with Crippen LogP contribution in [0.4, 0.5) is 5.69 Å². The van der Waals surface area contributed by atoms with Crippen molar-refractivity contribution >= 4 is 47.4 Å². The largest absolute Gasteiger partial charge is 0.324 e. The van der Waals surface area contributed by atoms with Crippen molar-refractivity contribution in [2.45, 2.75) is 24.8 Å². The first-order valence-electron chi connectivity index (χ1n) is 5.03. The van der Waals surface area contributed by atoms with Crippen LogP contribution in [-0.2, 0) is 4.79 Å². The molecule has 1 aromatic carbocycles. The Hall–Kier alpha value is -0.420. The first-order chi connectivity index (χ1) is 7.54. The third-order valence-corrected chi connectivity index (χ3v) is 3.10. The molecule has 0 bridgehead atoms. The van der Waals surface area contributed by atoms with Crippen molar-refractivity contribution in [2.75, 3.05) is 11.1 Å². The molecular weight excluding hydrogens is 279 g/mol. The number of carbonyl (C=O) groups excluding carboxylic acids is 1. The van der Waals surface area contributed by atoms with E-state index in [2.05, 4.69) is 12.2 Å². The number of thioether (sulfide) groups is 1. The number of nitrogens with two attached hydrogens (primary N) is 1. The number of anilines is 1. The van der Waals surface area contributed by atoms with Crippen LogP contribution in [0.25, 0.3) is 0 Å². The van der Waals surface area contributed by atoms with E-state index < -0.39 is 6.04 Å². The summed E-state index contributed by atoms with van der Waals surface area (Å²) in [5.41, 5.74) is 6.22. The fourth-order valence-corrected chi connectivity index (χ4v) is 2.04. The van der Waals surface area contributed by atoms with Crippen LogP contribution in [0.5, 0.6) is 0 Å². The van der Waals surface area contributed by atoms with Crippen molar-refractivity contribution < 1.29 is 4.79 Å². The second-order valence-corrected chi connectivity index (χ2v) is 5.09. The SMILES string of the molecule is CCSc1ccc(Cl)cc1NC(=O)[C@H](C)N.Cl. The molecule has 0 radical (unpaired) electrons. The summed E-state index contributed by atoms with van der Waals surface area (Å²) in [4.78, 5) is 12.5. The summed E-state index contributed by atoms with van der Waals surface area (Å²) in [6.07, 6.45) is 0. The molecule has 0 saturated heterocycles. The van der Waals surface area contributed by atoms with Crippen LogP contribution in [0, 0.1) is 0 Å². The van der Waals surface area contributed by atoms with Gasteiger partial charge in [-0.15, -0.1) is 24.2 Å². The third-order valence-electron chi connectivity index (χ3n) is 1.91. The molecule has 0 fully saturated rings. The second kappa shape index (κ2) is 7.82. The van der Waals surface area contributed by atoms with Crippen LogP contribution in [0.15, 0.2) is 23.1 Å². The molecule has 0 saturated carbocycles. The average Bonchev–Trinajstić information content (AvgIpc) is 2.22. The molecule has 1 amide bonds. The highest BCUT2D eigenvalue weighted by Gasteiger charge is 2.10. The van der Waals surface area contributed by atoms with E-state index in [9.17, 15) is 4.79 Å². The van der Waals surface area contributed by atoms with E-state index in [0.29, 0.717) is 5.02 Å². The van der Waals surface area contributed by atoms with Gasteiger partial charge in [0, 0.05) is 9.92 Å². The summed E-state index contributed by atoms with van der Waals surface area (Å²) in [5.74, 6) is 0.725. The Morgan fingerprint density at radius 1 is 1.59 bits per heavy atom. The number of halogens is 2. The lowest BCUT2D eigenvalue weighted by Crippen LogP contribution is -2.32. The van der Waals surface area contributed by atoms with Gasteiger partial charge in [0.2, 0.25) is 5.91 Å². The van der Waals surface area contributed by atoms with Gasteiger partial charge in [0.25, 0.3) is 0 Å². The van der Waals surface area contributed by atoms with Crippen molar-refractivity contribution in [2.24, 2.45) is 5.73 Å². The molecule has 0 spiro atoms. The monoisotopic (exact) mass is 294 g/mol. The minimum atomic E-state index is -0.529. The predicted octanol–water partition coefficient (Wildman–Crippen LogP) is 3.16. The summed E-state index contributed by atoms with van der Waals surface area (Å²) in [7, 11) is 0. The standard InChI is InChI=1S/C11H15ClN2OS.ClH/c1-3-16-10-5-4-8(12)6-9(10)14-11(15)7(2)13;/h4-7H,3,13H2,1-2H3,(H,14,15);1H/t7-;/m0./s1. The van der Waals surface area contributed by atoms with Crippen LogP contribution >= 0.6 is 35.8 Å². The molecule has 17 heavy (non-hydrogen) atoms. The first-order valence-corrected chi connectivity index (χ1v) is 6.39. The van der Waals surface area contributed by atoms with Gasteiger partial charge in [-0.05, 0) is 30.9 Å². The topological polar surface area (TPSA) is 55.1 Å². The predicted molar refractivity (Wildman–Crippen MR) is 77.4 cm³/mol. The van der Waals surface area contributed by atoms with Gasteiger partial charge in [-0.2, -0.15) is 0 Å². The Kier molecular flexibility index (Phi) is 7.63. The number of hydrogen-bond donors (Lipinski definition) is 2. The fraction of sp³-hybridized carbons (Fsp3) is 0.364. The summed E-state index contributed by atoms with van der Waals surface area (Å²) in [6.45, 7) is 3.70. The molecule has 0 aliphatic heterocycles. The third kappa shape index (κ3) is 5.17. The molecule has 0 heterocycles. The lowest BCUT2D eigenvalue weighted by atomic mass is 10.3. The van der Waals surface area contributed by atoms with E-state index >= 15 is 0 Å². The molecule has 1 rings (SSSR count). The molecule has 3 nitrogen and oxygen atoms in total. The Balaban J connectivity index is 0.00000256. The lowest BCUT2D eigenvalue weighted by molar-refractivity contribution is -0.117. The quantitative estimate of drug-likeness (QED) is 0.839. The normalized spacial score (nSPS) is 11.5. The molecule has 0 aliphatic carbocycles. The second-order valence-electron chi connectivity index (χ2n) is 3.35. The highest BCUT2D eigenvalue weighted by Crippen LogP contribution is 2.29. The van der Waals surface area contributed by atoms with E-state index in [1.54, 1.807) is 30.8 Å². The van der Waals surface area contributed by atoms with Crippen LogP contribution in [0.1, 0.15) is 13.8 Å². The summed E-state index contributed by atoms with van der Waals surface area (Å²) < 4.78 is 0. The molecule has 1 aromatic rings. The van der Waals surface area contributed by atoms with Gasteiger partial charge >= 0.3 is 0 Å². The van der Waals surface area contributed by atoms with Gasteiger partial charge in [-0.1, -0.05) is 18.5 Å². The van der Waals surface area contributed by atoms with E-state index in [-0.39, 0.29) is 18.3 Å². The molecule has 3 N–H and O–H groups in total. The van der Waals surface area contributed by atoms with Crippen LogP contribution in [0.2, 0.25) is 5.02 Å². The summed E-state index contributed by atoms with van der Waals surface area (Å²) >= 11 is 7.54. The van der Waals surface area contributed by atoms with Gasteiger partial charge < -0.3 is 11.1 Å². The highest BCUT2D eigenvalue weighted by atomic mass is 35.5. The van der Waals surface area contributed by atoms with Crippen LogP contribution in [0.3, 0.4) is 0 Å². The van der Waals surface area contributed by atoms with Crippen molar-refractivity contribution in [3.63, 3.8) is 0 Å². The maximum atomic E-state index is 11.5. The highest BCUT2D eigenvalue weighted by molar-refractivity contribution is 7.99. The van der Waals surface area contributed by atoms with Crippen molar-refractivity contribution in [3.05, 3.63) is 23.2 Å². The lowest BCUT2D eigenvalue weighted by Gasteiger charge is -2.12. The average molecular weight is 295 g/mol. The molecular formula is C11H16Cl2N2OS. The van der Waals surface area contributed by atoms with Crippen LogP contribution in [-0.4, -0.2) is 17.7 Å². The first kappa shape index (κ1) is 16.6. The zero-order valence-electron chi connectivity index (χ0n) is 9.70. The number of benzene rings is 1. The van der Waals surface area contributed by atoms with Crippen molar-refractivity contribution in [1.29, 1.82) is 0 Å². The molecule has 1 atom stereocenters. The Morgan fingerprint density at radius 2 is 2.24 bits per heavy atom. The molecule has 6 heteroatoms. The number of rotatable bonds is 4. The molecule has 0 aromatic heterocycles. The Labute approximate surface area is 117 Å². The minimum absolute atomic E-state index is 0. The van der Waals surface area contributed by atoms with E-state index in [1.807, 2.05) is 6.07 Å². The zero-order valence-corrected chi connectivity index (χ0v) is 12.1. The van der Waals surface area contributed by atoms with Gasteiger partial charge in [0.05, 0.1) is 11.7 Å². The zero-order chi connectivity index (χ0) is 12.1. The Morgan fingerprint density at radius 3 is 2.76 bits per heavy atom. The molecule has 96 valence electrons. The van der Waals surface area contributed by atoms with Crippen LogP contribution < -0.4 is 11.1 Å². The number of amides is 1. The van der Waals surface area contributed by atoms with Crippen molar-refractivity contribution in [3.8, 4) is 0 Å². The number of carbonyl (C=O) groups is 1. The van der Waals surface area contributed by atoms with Gasteiger partial charge in [0.1, 0.15) is 0 Å². The van der Waals surface area contributed by atoms with E-state index in [0.717, 1.165) is 16.3 Å². The minimum Gasteiger partial charge on any atom is -0.324 e. The summed E-state index contributed by atoms with van der Waals surface area (Å²) in [6, 6.07) is 4.91. The van der Waals surface area contributed by atoms with Gasteiger partial charge in [0.15, 0.2) is 0 Å². The van der Waals surface area contributed by atoms with Gasteiger partial charge in [-0.25, -0.2) is 0 Å². The summed E-state index contributed by atoms with van der Waals surface area (Å²) in [5, 5.41) is 3.36. The van der Waals surface area contributed by atoms with E-state index in [1.165, 1.54) is 0 Å².